The SMILES string of the molecule is CC(C)(C)OC(=O)CC(C)(C)N1Sc2c(O)cc(Br)cc2C1O. The van der Waals surface area contributed by atoms with Crippen LogP contribution in [0.4, 0.5) is 0 Å². The third-order valence-electron chi connectivity index (χ3n) is 3.35. The van der Waals surface area contributed by atoms with Crippen molar-refractivity contribution in [2.24, 2.45) is 0 Å². The van der Waals surface area contributed by atoms with Gasteiger partial charge in [0, 0.05) is 15.6 Å². The van der Waals surface area contributed by atoms with Gasteiger partial charge in [-0.2, -0.15) is 0 Å². The Morgan fingerprint density at radius 2 is 1.96 bits per heavy atom. The fraction of sp³-hybridized carbons (Fsp3) is 0.562. The highest BCUT2D eigenvalue weighted by molar-refractivity contribution is 9.10. The van der Waals surface area contributed by atoms with Gasteiger partial charge in [0.15, 0.2) is 0 Å². The van der Waals surface area contributed by atoms with Crippen LogP contribution >= 0.6 is 27.9 Å². The number of aromatic hydroxyl groups is 1. The van der Waals surface area contributed by atoms with E-state index in [0.29, 0.717) is 14.9 Å². The third-order valence-corrected chi connectivity index (χ3v) is 5.32. The number of halogens is 1. The molecule has 0 aromatic heterocycles. The van der Waals surface area contributed by atoms with Gasteiger partial charge >= 0.3 is 5.97 Å². The molecule has 1 heterocycles. The number of carbonyl (C=O) groups excluding carboxylic acids is 1. The van der Waals surface area contributed by atoms with E-state index in [2.05, 4.69) is 15.9 Å². The van der Waals surface area contributed by atoms with Crippen LogP contribution in [0, 0.1) is 0 Å². The molecule has 0 saturated heterocycles. The van der Waals surface area contributed by atoms with E-state index in [4.69, 9.17) is 4.74 Å². The lowest BCUT2D eigenvalue weighted by molar-refractivity contribution is -0.157. The maximum atomic E-state index is 12.1. The molecule has 2 N–H and O–H groups in total. The topological polar surface area (TPSA) is 70.0 Å². The number of aliphatic hydroxyl groups is 1. The van der Waals surface area contributed by atoms with Gasteiger partial charge in [-0.3, -0.25) is 4.79 Å². The zero-order valence-electron chi connectivity index (χ0n) is 13.9. The Kier molecular flexibility index (Phi) is 5.07. The minimum Gasteiger partial charge on any atom is -0.507 e. The quantitative estimate of drug-likeness (QED) is 0.587. The predicted molar refractivity (Wildman–Crippen MR) is 93.0 cm³/mol. The van der Waals surface area contributed by atoms with Gasteiger partial charge in [-0.25, -0.2) is 4.31 Å². The number of fused-ring (bicyclic) bond motifs is 1. The average Bonchev–Trinajstić information content (AvgIpc) is 2.64. The Morgan fingerprint density at radius 3 is 2.52 bits per heavy atom. The van der Waals surface area contributed by atoms with Crippen LogP contribution in [0.2, 0.25) is 0 Å². The summed E-state index contributed by atoms with van der Waals surface area (Å²) in [6.45, 7) is 9.20. The monoisotopic (exact) mass is 403 g/mol. The van der Waals surface area contributed by atoms with Crippen LogP contribution in [-0.4, -0.2) is 31.6 Å². The maximum Gasteiger partial charge on any atom is 0.308 e. The highest BCUT2D eigenvalue weighted by Gasteiger charge is 2.42. The van der Waals surface area contributed by atoms with Crippen molar-refractivity contribution in [3.05, 3.63) is 22.2 Å². The van der Waals surface area contributed by atoms with Gasteiger partial charge in [-0.1, -0.05) is 15.9 Å². The number of aliphatic hydroxyl groups excluding tert-OH is 1. The van der Waals surface area contributed by atoms with Gasteiger partial charge in [0.1, 0.15) is 17.6 Å². The number of ether oxygens (including phenoxy) is 1. The molecule has 23 heavy (non-hydrogen) atoms. The molecule has 0 amide bonds. The minimum atomic E-state index is -0.907. The highest BCUT2D eigenvalue weighted by atomic mass is 79.9. The molecule has 0 radical (unpaired) electrons. The van der Waals surface area contributed by atoms with E-state index in [9.17, 15) is 15.0 Å². The van der Waals surface area contributed by atoms with E-state index in [-0.39, 0.29) is 18.1 Å². The summed E-state index contributed by atoms with van der Waals surface area (Å²) in [5.74, 6) is -0.217. The fourth-order valence-corrected chi connectivity index (χ4v) is 4.04. The zero-order chi connectivity index (χ0) is 17.6. The smallest absolute Gasteiger partial charge is 0.308 e. The molecule has 1 aliphatic heterocycles. The molecule has 1 aromatic rings. The van der Waals surface area contributed by atoms with Crippen LogP contribution < -0.4 is 0 Å². The number of phenols is 1. The van der Waals surface area contributed by atoms with E-state index < -0.39 is 17.4 Å². The lowest BCUT2D eigenvalue weighted by atomic mass is 9.99. The van der Waals surface area contributed by atoms with Gasteiger partial charge < -0.3 is 14.9 Å². The molecular weight excluding hydrogens is 382 g/mol. The molecular formula is C16H22BrNO4S. The second-order valence-corrected chi connectivity index (χ2v) is 9.11. The van der Waals surface area contributed by atoms with Crippen molar-refractivity contribution in [3.63, 3.8) is 0 Å². The Morgan fingerprint density at radius 1 is 1.35 bits per heavy atom. The molecule has 0 spiro atoms. The molecule has 0 bridgehead atoms. The molecule has 1 aliphatic rings. The number of phenolic OH excluding ortho intramolecular Hbond substituents is 1. The second kappa shape index (κ2) is 6.27. The van der Waals surface area contributed by atoms with Crippen molar-refractivity contribution in [2.45, 2.75) is 63.3 Å². The molecule has 7 heteroatoms. The second-order valence-electron chi connectivity index (χ2n) is 7.21. The standard InChI is InChI=1S/C16H22BrNO4S/c1-15(2,3)22-12(20)8-16(4,5)18-14(21)10-6-9(17)7-11(19)13(10)23-18/h6-7,14,19,21H,8H2,1-5H3. The number of esters is 1. The Hall–Kier alpha value is -0.760. The summed E-state index contributed by atoms with van der Waals surface area (Å²) in [6.07, 6.45) is -0.777. The minimum absolute atomic E-state index is 0.106. The number of carbonyl (C=O) groups is 1. The summed E-state index contributed by atoms with van der Waals surface area (Å²) in [5.41, 5.74) is -0.570. The number of nitrogens with zero attached hydrogens (tertiary/aromatic N) is 1. The molecule has 5 nitrogen and oxygen atoms in total. The first-order valence-electron chi connectivity index (χ1n) is 7.30. The summed E-state index contributed by atoms with van der Waals surface area (Å²) in [5, 5.41) is 20.7. The molecule has 128 valence electrons. The van der Waals surface area contributed by atoms with E-state index in [0.717, 1.165) is 0 Å². The number of hydrogen-bond acceptors (Lipinski definition) is 6. The van der Waals surface area contributed by atoms with Gasteiger partial charge in [-0.15, -0.1) is 0 Å². The molecule has 1 aromatic carbocycles. The van der Waals surface area contributed by atoms with E-state index >= 15 is 0 Å². The highest BCUT2D eigenvalue weighted by Crippen LogP contribution is 2.52. The summed E-state index contributed by atoms with van der Waals surface area (Å²) in [7, 11) is 0. The van der Waals surface area contributed by atoms with E-state index in [1.807, 2.05) is 34.6 Å². The first-order chi connectivity index (χ1) is 10.4. The summed E-state index contributed by atoms with van der Waals surface area (Å²) in [4.78, 5) is 12.7. The van der Waals surface area contributed by atoms with Crippen molar-refractivity contribution < 1.29 is 19.7 Å². The van der Waals surface area contributed by atoms with Gasteiger partial charge in [-0.05, 0) is 58.7 Å². The predicted octanol–water partition coefficient (Wildman–Crippen LogP) is 3.98. The van der Waals surface area contributed by atoms with Crippen LogP contribution in [-0.2, 0) is 9.53 Å². The van der Waals surface area contributed by atoms with Crippen molar-refractivity contribution in [3.8, 4) is 5.75 Å². The Labute approximate surface area is 149 Å². The number of benzene rings is 1. The van der Waals surface area contributed by atoms with Crippen LogP contribution in [0.1, 0.15) is 52.8 Å². The first-order valence-corrected chi connectivity index (χ1v) is 8.87. The van der Waals surface area contributed by atoms with Crippen molar-refractivity contribution in [1.29, 1.82) is 0 Å². The van der Waals surface area contributed by atoms with Crippen LogP contribution in [0.15, 0.2) is 21.5 Å². The summed E-state index contributed by atoms with van der Waals surface area (Å²) >= 11 is 4.57. The normalized spacial score (nSPS) is 18.8. The number of rotatable bonds is 3. The van der Waals surface area contributed by atoms with Crippen molar-refractivity contribution in [2.75, 3.05) is 0 Å². The fourth-order valence-electron chi connectivity index (χ4n) is 2.43. The molecule has 0 aliphatic carbocycles. The first kappa shape index (κ1) is 18.6. The molecule has 1 unspecified atom stereocenters. The average molecular weight is 404 g/mol. The van der Waals surface area contributed by atoms with Gasteiger partial charge in [0.2, 0.25) is 0 Å². The van der Waals surface area contributed by atoms with Crippen LogP contribution in [0.3, 0.4) is 0 Å². The largest absolute Gasteiger partial charge is 0.507 e. The lowest BCUT2D eigenvalue weighted by Crippen LogP contribution is -2.42. The van der Waals surface area contributed by atoms with Gasteiger partial charge in [0.05, 0.1) is 11.3 Å². The van der Waals surface area contributed by atoms with Gasteiger partial charge in [0.25, 0.3) is 0 Å². The number of hydrogen-bond donors (Lipinski definition) is 2. The summed E-state index contributed by atoms with van der Waals surface area (Å²) in [6, 6.07) is 3.36. The molecule has 1 atom stereocenters. The van der Waals surface area contributed by atoms with E-state index in [1.165, 1.54) is 11.9 Å². The van der Waals surface area contributed by atoms with Crippen molar-refractivity contribution >= 4 is 33.8 Å². The molecule has 2 rings (SSSR count). The van der Waals surface area contributed by atoms with E-state index in [1.54, 1.807) is 16.4 Å². The van der Waals surface area contributed by atoms with Crippen molar-refractivity contribution in [1.82, 2.24) is 4.31 Å². The summed E-state index contributed by atoms with van der Waals surface area (Å²) < 4.78 is 7.79. The molecule has 0 fully saturated rings. The van der Waals surface area contributed by atoms with Crippen LogP contribution in [0.5, 0.6) is 5.75 Å². The Balaban J connectivity index is 2.19. The maximum absolute atomic E-state index is 12.1. The molecule has 0 saturated carbocycles. The third kappa shape index (κ3) is 4.21. The lowest BCUT2D eigenvalue weighted by Gasteiger charge is -2.36. The van der Waals surface area contributed by atoms with Crippen LogP contribution in [0.25, 0.3) is 0 Å². The zero-order valence-corrected chi connectivity index (χ0v) is 16.3. The Bertz CT molecular complexity index is 627.